The van der Waals surface area contributed by atoms with E-state index in [1.165, 1.54) is 23.8 Å². The number of anilines is 1. The Hall–Kier alpha value is -2.26. The summed E-state index contributed by atoms with van der Waals surface area (Å²) >= 11 is 18.6. The van der Waals surface area contributed by atoms with Crippen molar-refractivity contribution in [2.75, 3.05) is 25.2 Å². The zero-order valence-corrected chi connectivity index (χ0v) is 19.7. The first-order chi connectivity index (χ1) is 14.8. The topological polar surface area (TPSA) is 65.1 Å². The lowest BCUT2D eigenvalue weighted by Crippen LogP contribution is -2.27. The third kappa shape index (κ3) is 5.51. The minimum atomic E-state index is -0.502. The van der Waals surface area contributed by atoms with Gasteiger partial charge in [0.05, 0.1) is 34.4 Å². The lowest BCUT2D eigenvalue weighted by Gasteiger charge is -2.15. The summed E-state index contributed by atoms with van der Waals surface area (Å²) in [5.41, 5.74) is 1.25. The molecule has 1 saturated heterocycles. The summed E-state index contributed by atoms with van der Waals surface area (Å²) in [5.74, 6) is 0.0720. The van der Waals surface area contributed by atoms with Crippen LogP contribution >= 0.6 is 47.2 Å². The van der Waals surface area contributed by atoms with Crippen LogP contribution < -0.4 is 14.4 Å². The minimum absolute atomic E-state index is 0.238. The Morgan fingerprint density at radius 3 is 2.58 bits per heavy atom. The fourth-order valence-corrected chi connectivity index (χ4v) is 4.25. The highest BCUT2D eigenvalue weighted by molar-refractivity contribution is 8.27. The van der Waals surface area contributed by atoms with Gasteiger partial charge in [0.1, 0.15) is 0 Å². The second-order valence-corrected chi connectivity index (χ2v) is 8.61. The summed E-state index contributed by atoms with van der Waals surface area (Å²) in [4.78, 5) is 26.2. The van der Waals surface area contributed by atoms with E-state index in [1.807, 2.05) is 6.92 Å². The van der Waals surface area contributed by atoms with Crippen LogP contribution in [0.15, 0.2) is 41.3 Å². The van der Waals surface area contributed by atoms with Gasteiger partial charge in [-0.15, -0.1) is 0 Å². The van der Waals surface area contributed by atoms with Gasteiger partial charge in [-0.3, -0.25) is 9.69 Å². The highest BCUT2D eigenvalue weighted by Gasteiger charge is 2.33. The van der Waals surface area contributed by atoms with Crippen LogP contribution in [0.1, 0.15) is 12.5 Å². The van der Waals surface area contributed by atoms with Gasteiger partial charge in [-0.2, -0.15) is 0 Å². The number of nitrogens with zero attached hydrogens (tertiary/aromatic N) is 1. The number of halogens is 2. The van der Waals surface area contributed by atoms with E-state index >= 15 is 0 Å². The van der Waals surface area contributed by atoms with E-state index in [0.29, 0.717) is 48.6 Å². The summed E-state index contributed by atoms with van der Waals surface area (Å²) in [5, 5.41) is 0.727. The number of esters is 1. The quantitative estimate of drug-likeness (QED) is 0.290. The molecule has 0 atom stereocenters. The average molecular weight is 498 g/mol. The predicted molar refractivity (Wildman–Crippen MR) is 127 cm³/mol. The first-order valence-electron chi connectivity index (χ1n) is 9.03. The molecule has 2 aromatic carbocycles. The maximum atomic E-state index is 13.0. The molecule has 0 aromatic heterocycles. The number of amides is 1. The molecule has 0 radical (unpaired) electrons. The molecule has 10 heteroatoms. The highest BCUT2D eigenvalue weighted by atomic mass is 35.5. The van der Waals surface area contributed by atoms with Gasteiger partial charge in [0, 0.05) is 0 Å². The SMILES string of the molecule is CCOc1cc(/C=C2\SC(=S)N(c3ccc(Cl)c(Cl)c3)C2=O)ccc1OCC(=O)OC. The van der Waals surface area contributed by atoms with Crippen LogP contribution in [-0.4, -0.2) is 36.5 Å². The standard InChI is InChI=1S/C21H17Cl2NO5S2/c1-3-28-17-8-12(4-7-16(17)29-11-19(25)27-2)9-18-20(26)24(21(30)31-18)13-5-6-14(22)15(23)10-13/h4-10H,3,11H2,1-2H3/b18-9-. The Balaban J connectivity index is 1.86. The van der Waals surface area contributed by atoms with Crippen molar-refractivity contribution >= 4 is 75.1 Å². The number of hydrogen-bond acceptors (Lipinski definition) is 7. The van der Waals surface area contributed by atoms with E-state index < -0.39 is 5.97 Å². The number of ether oxygens (including phenoxy) is 3. The fraction of sp³-hybridized carbons (Fsp3) is 0.190. The van der Waals surface area contributed by atoms with Gasteiger partial charge in [-0.1, -0.05) is 53.2 Å². The summed E-state index contributed by atoms with van der Waals surface area (Å²) in [6.07, 6.45) is 1.71. The summed E-state index contributed by atoms with van der Waals surface area (Å²) in [6.45, 7) is 1.99. The molecule has 0 spiro atoms. The van der Waals surface area contributed by atoms with Crippen LogP contribution in [0.25, 0.3) is 6.08 Å². The first-order valence-corrected chi connectivity index (χ1v) is 11.0. The Morgan fingerprint density at radius 2 is 1.90 bits per heavy atom. The van der Waals surface area contributed by atoms with E-state index in [1.54, 1.807) is 42.5 Å². The number of thiocarbonyl (C=S) groups is 1. The summed E-state index contributed by atoms with van der Waals surface area (Å²) in [6, 6.07) is 10.0. The van der Waals surface area contributed by atoms with Gasteiger partial charge in [-0.25, -0.2) is 4.79 Å². The second kappa shape index (κ2) is 10.4. The molecule has 31 heavy (non-hydrogen) atoms. The van der Waals surface area contributed by atoms with Gasteiger partial charge >= 0.3 is 5.97 Å². The fourth-order valence-electron chi connectivity index (χ4n) is 2.66. The molecule has 0 N–H and O–H groups in total. The van der Waals surface area contributed by atoms with Crippen LogP contribution in [0, 0.1) is 0 Å². The number of rotatable bonds is 7. The van der Waals surface area contributed by atoms with Crippen LogP contribution in [0.2, 0.25) is 10.0 Å². The maximum Gasteiger partial charge on any atom is 0.343 e. The van der Waals surface area contributed by atoms with Gasteiger partial charge in [-0.05, 0) is 48.9 Å². The number of thioether (sulfide) groups is 1. The van der Waals surface area contributed by atoms with Crippen LogP contribution in [0.3, 0.4) is 0 Å². The molecular formula is C21H17Cl2NO5S2. The molecule has 1 fully saturated rings. The number of carbonyl (C=O) groups is 2. The van der Waals surface area contributed by atoms with Crippen molar-refractivity contribution in [2.24, 2.45) is 0 Å². The lowest BCUT2D eigenvalue weighted by molar-refractivity contribution is -0.142. The van der Waals surface area contributed by atoms with Crippen LogP contribution in [0.5, 0.6) is 11.5 Å². The molecule has 1 aliphatic rings. The maximum absolute atomic E-state index is 13.0. The van der Waals surface area contributed by atoms with Crippen molar-refractivity contribution in [1.82, 2.24) is 0 Å². The summed E-state index contributed by atoms with van der Waals surface area (Å²) < 4.78 is 16.0. The predicted octanol–water partition coefficient (Wildman–Crippen LogP) is 5.35. The monoisotopic (exact) mass is 497 g/mol. The Bertz CT molecular complexity index is 1070. The Labute approximate surface area is 199 Å². The van der Waals surface area contributed by atoms with Crippen LogP contribution in [0.4, 0.5) is 5.69 Å². The van der Waals surface area contributed by atoms with E-state index in [0.717, 1.165) is 0 Å². The highest BCUT2D eigenvalue weighted by Crippen LogP contribution is 2.38. The second-order valence-electron chi connectivity index (χ2n) is 6.12. The average Bonchev–Trinajstić information content (AvgIpc) is 3.02. The smallest absolute Gasteiger partial charge is 0.343 e. The summed E-state index contributed by atoms with van der Waals surface area (Å²) in [7, 11) is 1.28. The molecule has 0 aliphatic carbocycles. The van der Waals surface area contributed by atoms with E-state index in [4.69, 9.17) is 44.9 Å². The lowest BCUT2D eigenvalue weighted by atomic mass is 10.1. The van der Waals surface area contributed by atoms with Crippen LogP contribution in [-0.2, 0) is 14.3 Å². The zero-order chi connectivity index (χ0) is 22.5. The van der Waals surface area contributed by atoms with Gasteiger partial charge < -0.3 is 14.2 Å². The normalized spacial score (nSPS) is 14.8. The Kier molecular flexibility index (Phi) is 7.83. The van der Waals surface area contributed by atoms with E-state index in [2.05, 4.69) is 4.74 Å². The number of hydrogen-bond donors (Lipinski definition) is 0. The van der Waals surface area contributed by atoms with Crippen molar-refractivity contribution in [3.8, 4) is 11.5 Å². The largest absolute Gasteiger partial charge is 0.490 e. The Morgan fingerprint density at radius 1 is 1.13 bits per heavy atom. The molecule has 1 aliphatic heterocycles. The molecule has 2 aromatic rings. The third-order valence-corrected chi connectivity index (χ3v) is 6.13. The molecular weight excluding hydrogens is 481 g/mol. The van der Waals surface area contributed by atoms with Crippen molar-refractivity contribution in [3.63, 3.8) is 0 Å². The minimum Gasteiger partial charge on any atom is -0.490 e. The molecule has 1 heterocycles. The van der Waals surface area contributed by atoms with Crippen molar-refractivity contribution in [3.05, 3.63) is 56.9 Å². The number of benzene rings is 2. The molecule has 3 rings (SSSR count). The molecule has 1 amide bonds. The van der Waals surface area contributed by atoms with Gasteiger partial charge in [0.15, 0.2) is 22.4 Å². The zero-order valence-electron chi connectivity index (χ0n) is 16.5. The van der Waals surface area contributed by atoms with Crippen molar-refractivity contribution in [1.29, 1.82) is 0 Å². The van der Waals surface area contributed by atoms with Crippen molar-refractivity contribution in [2.45, 2.75) is 6.92 Å². The number of methoxy groups -OCH3 is 1. The van der Waals surface area contributed by atoms with Crippen molar-refractivity contribution < 1.29 is 23.8 Å². The van der Waals surface area contributed by atoms with Gasteiger partial charge in [0.25, 0.3) is 5.91 Å². The molecule has 6 nitrogen and oxygen atoms in total. The molecule has 162 valence electrons. The van der Waals surface area contributed by atoms with E-state index in [-0.39, 0.29) is 12.5 Å². The number of carbonyl (C=O) groups excluding carboxylic acids is 2. The molecule has 0 unspecified atom stereocenters. The third-order valence-electron chi connectivity index (χ3n) is 4.09. The first kappa shape index (κ1) is 23.4. The van der Waals surface area contributed by atoms with E-state index in [9.17, 15) is 9.59 Å². The molecule has 0 bridgehead atoms. The van der Waals surface area contributed by atoms with Gasteiger partial charge in [0.2, 0.25) is 0 Å². The molecule has 0 saturated carbocycles.